The predicted octanol–water partition coefficient (Wildman–Crippen LogP) is 0.658. The number of nitrogens with zero attached hydrogens (tertiary/aromatic N) is 4. The lowest BCUT2D eigenvalue weighted by atomic mass is 10.0. The van der Waals surface area contributed by atoms with E-state index in [4.69, 9.17) is 20.9 Å². The highest BCUT2D eigenvalue weighted by Gasteiger charge is 2.39. The molecule has 1 aromatic heterocycles. The minimum Gasteiger partial charge on any atom is -0.486 e. The zero-order valence-electron chi connectivity index (χ0n) is 15.5. The molecule has 1 fully saturated rings. The van der Waals surface area contributed by atoms with Gasteiger partial charge in [0, 0.05) is 12.4 Å². The van der Waals surface area contributed by atoms with Gasteiger partial charge in [0.2, 0.25) is 0 Å². The number of amides is 1. The number of fused-ring (bicyclic) bond motifs is 3. The molecule has 2 aliphatic heterocycles. The fraction of sp³-hybridized carbons (Fsp3) is 0.529. The van der Waals surface area contributed by atoms with Crippen LogP contribution in [0.4, 0.5) is 11.8 Å². The van der Waals surface area contributed by atoms with Crippen molar-refractivity contribution in [2.24, 2.45) is 16.5 Å². The Morgan fingerprint density at radius 1 is 1.37 bits per heavy atom. The zero-order valence-corrected chi connectivity index (χ0v) is 16.4. The van der Waals surface area contributed by atoms with Gasteiger partial charge in [-0.1, -0.05) is 0 Å². The molecule has 146 valence electrons. The standard InChI is InChI=1S/C17H24N6O3S/c1-9-6-25-7-11-8-26-12-13(17(2,3)27)21-16(22-15(12)23(9)11)20-5-10(4-18)14(19)24/h4-5,9,11,27H,6-8,18H2,1-3H3,(H2,19,24)/t9-,11+/m1/s1. The van der Waals surface area contributed by atoms with E-state index < -0.39 is 10.7 Å². The van der Waals surface area contributed by atoms with Gasteiger partial charge in [0.25, 0.3) is 11.9 Å². The lowest BCUT2D eigenvalue weighted by Gasteiger charge is -2.45. The van der Waals surface area contributed by atoms with Crippen LogP contribution in [0.3, 0.4) is 0 Å². The van der Waals surface area contributed by atoms with Gasteiger partial charge in [0.1, 0.15) is 12.3 Å². The number of hydrogen-bond donors (Lipinski definition) is 3. The first kappa shape index (κ1) is 19.4. The molecule has 4 N–H and O–H groups in total. The van der Waals surface area contributed by atoms with Crippen molar-refractivity contribution in [3.63, 3.8) is 0 Å². The summed E-state index contributed by atoms with van der Waals surface area (Å²) in [7, 11) is 0. The Morgan fingerprint density at radius 3 is 2.74 bits per heavy atom. The van der Waals surface area contributed by atoms with Crippen LogP contribution in [0, 0.1) is 0 Å². The maximum Gasteiger partial charge on any atom is 0.251 e. The Morgan fingerprint density at radius 2 is 2.11 bits per heavy atom. The van der Waals surface area contributed by atoms with Gasteiger partial charge in [-0.25, -0.2) is 9.98 Å². The third-order valence-electron chi connectivity index (χ3n) is 4.40. The van der Waals surface area contributed by atoms with Gasteiger partial charge in [-0.05, 0) is 20.8 Å². The second-order valence-corrected chi connectivity index (χ2v) is 8.21. The molecule has 1 saturated heterocycles. The molecule has 0 bridgehead atoms. The minimum absolute atomic E-state index is 0.0639. The summed E-state index contributed by atoms with van der Waals surface area (Å²) in [5.74, 6) is 0.746. The number of nitrogens with two attached hydrogens (primary N) is 2. The third kappa shape index (κ3) is 3.86. The lowest BCUT2D eigenvalue weighted by Crippen LogP contribution is -2.56. The fourth-order valence-corrected chi connectivity index (χ4v) is 3.26. The number of morpholine rings is 1. The Bertz CT molecular complexity index is 805. The number of anilines is 1. The molecule has 0 unspecified atom stereocenters. The summed E-state index contributed by atoms with van der Waals surface area (Å²) < 4.78 is 11.0. The van der Waals surface area contributed by atoms with Crippen LogP contribution < -0.4 is 21.1 Å². The highest BCUT2D eigenvalue weighted by Crippen LogP contribution is 2.43. The SMILES string of the molecule is C[C@@H]1COC[C@H]2COc3c(nc(N=CC(=CN)C(N)=O)nc3C(C)(C)S)N21. The van der Waals surface area contributed by atoms with Crippen molar-refractivity contribution >= 4 is 36.5 Å². The second kappa shape index (κ2) is 7.35. The van der Waals surface area contributed by atoms with Crippen LogP contribution >= 0.6 is 12.6 Å². The second-order valence-electron chi connectivity index (χ2n) is 7.09. The number of thiol groups is 1. The van der Waals surface area contributed by atoms with E-state index in [1.807, 2.05) is 13.8 Å². The number of aromatic nitrogens is 2. The molecule has 27 heavy (non-hydrogen) atoms. The van der Waals surface area contributed by atoms with E-state index in [1.54, 1.807) is 0 Å². The first-order valence-electron chi connectivity index (χ1n) is 8.62. The molecular weight excluding hydrogens is 368 g/mol. The number of aliphatic imine (C=N–C) groups is 1. The maximum atomic E-state index is 11.3. The normalized spacial score (nSPS) is 23.0. The minimum atomic E-state index is -0.681. The van der Waals surface area contributed by atoms with Gasteiger partial charge in [0.05, 0.1) is 35.6 Å². The van der Waals surface area contributed by atoms with Crippen LogP contribution in [-0.2, 0) is 14.3 Å². The monoisotopic (exact) mass is 392 g/mol. The summed E-state index contributed by atoms with van der Waals surface area (Å²) in [6.07, 6.45) is 2.35. The molecule has 0 saturated carbocycles. The van der Waals surface area contributed by atoms with Crippen LogP contribution in [0.5, 0.6) is 5.75 Å². The quantitative estimate of drug-likeness (QED) is 0.390. The van der Waals surface area contributed by atoms with E-state index >= 15 is 0 Å². The van der Waals surface area contributed by atoms with Crippen molar-refractivity contribution in [3.05, 3.63) is 17.5 Å². The van der Waals surface area contributed by atoms with Crippen molar-refractivity contribution in [3.8, 4) is 5.75 Å². The molecule has 3 rings (SSSR count). The highest BCUT2D eigenvalue weighted by molar-refractivity contribution is 7.81. The van der Waals surface area contributed by atoms with Crippen molar-refractivity contribution in [2.75, 3.05) is 24.7 Å². The maximum absolute atomic E-state index is 11.3. The summed E-state index contributed by atoms with van der Waals surface area (Å²) in [5.41, 5.74) is 11.3. The van der Waals surface area contributed by atoms with E-state index in [0.29, 0.717) is 37.1 Å². The first-order chi connectivity index (χ1) is 12.7. The van der Waals surface area contributed by atoms with Gasteiger partial charge in [0.15, 0.2) is 11.6 Å². The first-order valence-corrected chi connectivity index (χ1v) is 9.06. The lowest BCUT2D eigenvalue weighted by molar-refractivity contribution is -0.114. The van der Waals surface area contributed by atoms with Crippen molar-refractivity contribution in [2.45, 2.75) is 37.6 Å². The fourth-order valence-electron chi connectivity index (χ4n) is 3.11. The predicted molar refractivity (Wildman–Crippen MR) is 106 cm³/mol. The van der Waals surface area contributed by atoms with Crippen molar-refractivity contribution < 1.29 is 14.3 Å². The molecule has 0 aliphatic carbocycles. The number of primary amides is 1. The molecular formula is C17H24N6O3S. The summed E-state index contributed by atoms with van der Waals surface area (Å²) in [6, 6.07) is 0.188. The Hall–Kier alpha value is -2.33. The van der Waals surface area contributed by atoms with E-state index in [1.165, 1.54) is 6.21 Å². The topological polar surface area (TPSA) is 129 Å². The summed E-state index contributed by atoms with van der Waals surface area (Å²) in [5, 5.41) is 0. The van der Waals surface area contributed by atoms with Crippen LogP contribution in [0.1, 0.15) is 26.5 Å². The summed E-state index contributed by atoms with van der Waals surface area (Å²) >= 11 is 4.66. The van der Waals surface area contributed by atoms with Crippen LogP contribution in [0.2, 0.25) is 0 Å². The highest BCUT2D eigenvalue weighted by atomic mass is 32.1. The number of hydrogen-bond acceptors (Lipinski definition) is 9. The molecule has 2 aliphatic rings. The van der Waals surface area contributed by atoms with Gasteiger partial charge < -0.3 is 25.8 Å². The van der Waals surface area contributed by atoms with Crippen molar-refractivity contribution in [1.29, 1.82) is 0 Å². The van der Waals surface area contributed by atoms with Crippen LogP contribution in [-0.4, -0.2) is 54.0 Å². The van der Waals surface area contributed by atoms with Gasteiger partial charge in [-0.3, -0.25) is 4.79 Å². The van der Waals surface area contributed by atoms with Crippen molar-refractivity contribution in [1.82, 2.24) is 9.97 Å². The van der Waals surface area contributed by atoms with Gasteiger partial charge in [-0.15, -0.1) is 0 Å². The van der Waals surface area contributed by atoms with E-state index in [0.717, 1.165) is 6.20 Å². The number of carbonyl (C=O) groups is 1. The summed E-state index contributed by atoms with van der Waals surface area (Å²) in [6.45, 7) is 7.55. The van der Waals surface area contributed by atoms with Crippen LogP contribution in [0.25, 0.3) is 0 Å². The molecule has 0 radical (unpaired) electrons. The number of ether oxygens (including phenoxy) is 2. The largest absolute Gasteiger partial charge is 0.486 e. The molecule has 0 spiro atoms. The average molecular weight is 392 g/mol. The molecule has 0 aromatic carbocycles. The Labute approximate surface area is 163 Å². The zero-order chi connectivity index (χ0) is 19.8. The van der Waals surface area contributed by atoms with E-state index in [-0.39, 0.29) is 23.6 Å². The number of rotatable bonds is 4. The average Bonchev–Trinajstić information content (AvgIpc) is 2.60. The smallest absolute Gasteiger partial charge is 0.251 e. The number of carbonyl (C=O) groups excluding carboxylic acids is 1. The molecule has 3 heterocycles. The molecule has 1 amide bonds. The molecule has 2 atom stereocenters. The molecule has 9 nitrogen and oxygen atoms in total. The van der Waals surface area contributed by atoms with Gasteiger partial charge in [-0.2, -0.15) is 17.6 Å². The Kier molecular flexibility index (Phi) is 5.29. The van der Waals surface area contributed by atoms with Crippen LogP contribution in [0.15, 0.2) is 16.8 Å². The Balaban J connectivity index is 2.11. The van der Waals surface area contributed by atoms with E-state index in [2.05, 4.69) is 39.4 Å². The summed E-state index contributed by atoms with van der Waals surface area (Å²) in [4.78, 5) is 26.8. The van der Waals surface area contributed by atoms with E-state index in [9.17, 15) is 4.79 Å². The molecule has 1 aromatic rings. The van der Waals surface area contributed by atoms with Gasteiger partial charge >= 0.3 is 0 Å². The third-order valence-corrected chi connectivity index (χ3v) is 4.61. The molecule has 10 heteroatoms.